The first-order valence-corrected chi connectivity index (χ1v) is 5.49. The Kier molecular flexibility index (Phi) is 2.57. The molecule has 0 spiro atoms. The minimum Gasteiger partial charge on any atom is -0.360 e. The Morgan fingerprint density at radius 3 is 3.00 bits per heavy atom. The van der Waals surface area contributed by atoms with Gasteiger partial charge in [-0.2, -0.15) is 5.26 Å². The summed E-state index contributed by atoms with van der Waals surface area (Å²) in [6.07, 6.45) is 1.68. The van der Waals surface area contributed by atoms with Gasteiger partial charge in [0.2, 0.25) is 0 Å². The third-order valence-electron chi connectivity index (χ3n) is 2.23. The quantitative estimate of drug-likeness (QED) is 0.668. The van der Waals surface area contributed by atoms with Gasteiger partial charge in [-0.3, -0.25) is 4.79 Å². The summed E-state index contributed by atoms with van der Waals surface area (Å²) in [6.45, 7) is 0. The molecule has 3 nitrogen and oxygen atoms in total. The number of aromatic amines is 1. The van der Waals surface area contributed by atoms with Gasteiger partial charge in [-0.15, -0.1) is 0 Å². The average molecular weight is 263 g/mol. The predicted molar refractivity (Wildman–Crippen MR) is 61.1 cm³/mol. The molecule has 1 heterocycles. The summed E-state index contributed by atoms with van der Waals surface area (Å²) >= 11 is 3.13. The summed E-state index contributed by atoms with van der Waals surface area (Å²) in [5.74, 6) is 0.0333. The number of nitrogens with zero attached hydrogens (tertiary/aromatic N) is 1. The number of carbonyl (C=O) groups is 1. The van der Waals surface area contributed by atoms with Crippen LogP contribution in [-0.4, -0.2) is 16.1 Å². The van der Waals surface area contributed by atoms with Gasteiger partial charge in [-0.1, -0.05) is 22.0 Å². The fourth-order valence-electron chi connectivity index (χ4n) is 1.50. The molecule has 1 aromatic heterocycles. The molecule has 0 saturated carbocycles. The van der Waals surface area contributed by atoms with Crippen molar-refractivity contribution in [3.63, 3.8) is 0 Å². The Hall–Kier alpha value is -1.60. The van der Waals surface area contributed by atoms with E-state index in [0.717, 1.165) is 10.9 Å². The summed E-state index contributed by atoms with van der Waals surface area (Å²) in [5.41, 5.74) is 2.06. The second-order valence-electron chi connectivity index (χ2n) is 3.13. The fraction of sp³-hybridized carbons (Fsp3) is 0.0909. The van der Waals surface area contributed by atoms with E-state index >= 15 is 0 Å². The number of hydrogen-bond acceptors (Lipinski definition) is 2. The van der Waals surface area contributed by atoms with Gasteiger partial charge in [0.05, 0.1) is 17.0 Å². The van der Waals surface area contributed by atoms with Crippen LogP contribution in [0.2, 0.25) is 0 Å². The summed E-state index contributed by atoms with van der Waals surface area (Å²) in [4.78, 5) is 14.5. The number of halogens is 1. The first-order chi connectivity index (χ1) is 7.26. The molecule has 0 aliphatic heterocycles. The molecule has 0 bridgehead atoms. The highest BCUT2D eigenvalue weighted by Crippen LogP contribution is 2.20. The number of ketones is 1. The highest BCUT2D eigenvalue weighted by molar-refractivity contribution is 9.09. The summed E-state index contributed by atoms with van der Waals surface area (Å²) in [6, 6.07) is 7.30. The third kappa shape index (κ3) is 1.66. The van der Waals surface area contributed by atoms with Crippen molar-refractivity contribution in [2.24, 2.45) is 0 Å². The standard InChI is InChI=1S/C11H7BrN2O/c12-4-11(15)9-6-14-10-3-7(5-13)1-2-8(9)10/h1-3,6,14H,4H2. The SMILES string of the molecule is N#Cc1ccc2c(C(=O)CBr)c[nH]c2c1. The monoisotopic (exact) mass is 262 g/mol. The number of nitriles is 1. The van der Waals surface area contributed by atoms with Crippen molar-refractivity contribution in [1.29, 1.82) is 5.26 Å². The van der Waals surface area contributed by atoms with Crippen molar-refractivity contribution in [3.05, 3.63) is 35.5 Å². The molecule has 15 heavy (non-hydrogen) atoms. The summed E-state index contributed by atoms with van der Waals surface area (Å²) in [7, 11) is 0. The van der Waals surface area contributed by atoms with Gasteiger partial charge < -0.3 is 4.98 Å². The Bertz CT molecular complexity index is 565. The van der Waals surface area contributed by atoms with Gasteiger partial charge in [0.25, 0.3) is 0 Å². The van der Waals surface area contributed by atoms with Crippen LogP contribution in [0.5, 0.6) is 0 Å². The number of alkyl halides is 1. The first kappa shape index (κ1) is 9.94. The second-order valence-corrected chi connectivity index (χ2v) is 3.69. The van der Waals surface area contributed by atoms with Gasteiger partial charge in [-0.05, 0) is 12.1 Å². The van der Waals surface area contributed by atoms with E-state index in [-0.39, 0.29) is 5.78 Å². The second kappa shape index (κ2) is 3.87. The zero-order valence-electron chi connectivity index (χ0n) is 7.75. The van der Waals surface area contributed by atoms with Crippen molar-refractivity contribution in [3.8, 4) is 6.07 Å². The van der Waals surface area contributed by atoms with Gasteiger partial charge in [0, 0.05) is 22.7 Å². The molecule has 2 aromatic rings. The lowest BCUT2D eigenvalue weighted by Gasteiger charge is -1.94. The molecule has 0 fully saturated rings. The number of Topliss-reactive ketones (excluding diaryl/α,β-unsaturated/α-hetero) is 1. The number of aromatic nitrogens is 1. The summed E-state index contributed by atoms with van der Waals surface area (Å²) < 4.78 is 0. The Morgan fingerprint density at radius 2 is 2.33 bits per heavy atom. The molecule has 0 aliphatic carbocycles. The molecule has 74 valence electrons. The van der Waals surface area contributed by atoms with Gasteiger partial charge >= 0.3 is 0 Å². The molecule has 1 aromatic carbocycles. The number of fused-ring (bicyclic) bond motifs is 1. The lowest BCUT2D eigenvalue weighted by molar-refractivity contribution is 0.102. The van der Waals surface area contributed by atoms with E-state index in [9.17, 15) is 4.79 Å². The lowest BCUT2D eigenvalue weighted by atomic mass is 10.1. The van der Waals surface area contributed by atoms with Gasteiger partial charge in [-0.25, -0.2) is 0 Å². The van der Waals surface area contributed by atoms with E-state index in [2.05, 4.69) is 27.0 Å². The first-order valence-electron chi connectivity index (χ1n) is 4.36. The number of carbonyl (C=O) groups excluding carboxylic acids is 1. The highest BCUT2D eigenvalue weighted by Gasteiger charge is 2.10. The van der Waals surface area contributed by atoms with Crippen LogP contribution in [0.25, 0.3) is 10.9 Å². The number of H-pyrrole nitrogens is 1. The third-order valence-corrected chi connectivity index (χ3v) is 2.74. The molecule has 0 amide bonds. The minimum absolute atomic E-state index is 0.0333. The van der Waals surface area contributed by atoms with Crippen molar-refractivity contribution < 1.29 is 4.79 Å². The number of benzene rings is 1. The molecule has 0 saturated heterocycles. The largest absolute Gasteiger partial charge is 0.360 e. The van der Waals surface area contributed by atoms with E-state index in [4.69, 9.17) is 5.26 Å². The molecule has 4 heteroatoms. The Balaban J connectivity index is 2.63. The van der Waals surface area contributed by atoms with E-state index in [1.807, 2.05) is 0 Å². The topological polar surface area (TPSA) is 56.6 Å². The maximum Gasteiger partial charge on any atom is 0.175 e. The number of rotatable bonds is 2. The molecule has 0 aliphatic rings. The lowest BCUT2D eigenvalue weighted by Crippen LogP contribution is -1.97. The minimum atomic E-state index is 0.0333. The predicted octanol–water partition coefficient (Wildman–Crippen LogP) is 2.62. The highest BCUT2D eigenvalue weighted by atomic mass is 79.9. The van der Waals surface area contributed by atoms with Gasteiger partial charge in [0.15, 0.2) is 5.78 Å². The molecule has 0 radical (unpaired) electrons. The maximum absolute atomic E-state index is 11.5. The van der Waals surface area contributed by atoms with E-state index in [0.29, 0.717) is 16.5 Å². The van der Waals surface area contributed by atoms with E-state index in [1.54, 1.807) is 24.4 Å². The number of nitrogens with one attached hydrogen (secondary N) is 1. The Morgan fingerprint density at radius 1 is 1.53 bits per heavy atom. The van der Waals surface area contributed by atoms with Crippen LogP contribution in [0.3, 0.4) is 0 Å². The molecule has 0 atom stereocenters. The van der Waals surface area contributed by atoms with Crippen LogP contribution in [0.1, 0.15) is 15.9 Å². The molecule has 0 unspecified atom stereocenters. The van der Waals surface area contributed by atoms with Crippen molar-refractivity contribution in [1.82, 2.24) is 4.98 Å². The van der Waals surface area contributed by atoms with E-state index in [1.165, 1.54) is 0 Å². The van der Waals surface area contributed by atoms with Crippen molar-refractivity contribution >= 4 is 32.6 Å². The average Bonchev–Trinajstić information content (AvgIpc) is 2.70. The summed E-state index contributed by atoms with van der Waals surface area (Å²) in [5, 5.41) is 9.89. The molecule has 2 rings (SSSR count). The zero-order chi connectivity index (χ0) is 10.8. The zero-order valence-corrected chi connectivity index (χ0v) is 9.34. The van der Waals surface area contributed by atoms with Crippen LogP contribution >= 0.6 is 15.9 Å². The molecular weight excluding hydrogens is 256 g/mol. The van der Waals surface area contributed by atoms with Crippen LogP contribution in [0.4, 0.5) is 0 Å². The van der Waals surface area contributed by atoms with Crippen LogP contribution in [0.15, 0.2) is 24.4 Å². The van der Waals surface area contributed by atoms with Crippen molar-refractivity contribution in [2.75, 3.05) is 5.33 Å². The smallest absolute Gasteiger partial charge is 0.175 e. The van der Waals surface area contributed by atoms with Gasteiger partial charge in [0.1, 0.15) is 0 Å². The van der Waals surface area contributed by atoms with Crippen LogP contribution in [0, 0.1) is 11.3 Å². The molecule has 1 N–H and O–H groups in total. The van der Waals surface area contributed by atoms with Crippen molar-refractivity contribution in [2.45, 2.75) is 0 Å². The molecular formula is C11H7BrN2O. The van der Waals surface area contributed by atoms with Crippen LogP contribution < -0.4 is 0 Å². The fourth-order valence-corrected chi connectivity index (χ4v) is 1.80. The van der Waals surface area contributed by atoms with Crippen LogP contribution in [-0.2, 0) is 0 Å². The number of hydrogen-bond donors (Lipinski definition) is 1. The van der Waals surface area contributed by atoms with E-state index < -0.39 is 0 Å². The maximum atomic E-state index is 11.5. The normalized spacial score (nSPS) is 10.1. The Labute approximate surface area is 94.8 Å².